The highest BCUT2D eigenvalue weighted by Gasteiger charge is 2.26. The number of carbonyl (C=O) groups excluding carboxylic acids is 1. The van der Waals surface area contributed by atoms with Crippen molar-refractivity contribution in [3.05, 3.63) is 65.2 Å². The fourth-order valence-electron chi connectivity index (χ4n) is 4.51. The van der Waals surface area contributed by atoms with E-state index in [1.165, 1.54) is 11.1 Å². The first-order chi connectivity index (χ1) is 14.5. The van der Waals surface area contributed by atoms with E-state index in [1.54, 1.807) is 16.4 Å². The van der Waals surface area contributed by atoms with E-state index >= 15 is 0 Å². The molecule has 0 spiro atoms. The molecule has 4 rings (SSSR count). The molecular weight excluding hydrogens is 396 g/mol. The molecule has 0 saturated carbocycles. The second kappa shape index (κ2) is 9.31. The van der Waals surface area contributed by atoms with E-state index in [9.17, 15) is 13.2 Å². The molecule has 2 aliphatic rings. The summed E-state index contributed by atoms with van der Waals surface area (Å²) in [7, 11) is -3.40. The third-order valence-electron chi connectivity index (χ3n) is 6.22. The molecule has 1 aliphatic heterocycles. The minimum atomic E-state index is -3.40. The molecule has 1 aliphatic carbocycles. The van der Waals surface area contributed by atoms with Crippen molar-refractivity contribution in [2.75, 3.05) is 13.1 Å². The summed E-state index contributed by atoms with van der Waals surface area (Å²) < 4.78 is 27.1. The number of fused-ring (bicyclic) bond motifs is 1. The Hall–Kier alpha value is -2.18. The molecule has 0 radical (unpaired) electrons. The average molecular weight is 427 g/mol. The van der Waals surface area contributed by atoms with Gasteiger partial charge >= 0.3 is 0 Å². The van der Waals surface area contributed by atoms with Crippen LogP contribution in [0.4, 0.5) is 0 Å². The van der Waals surface area contributed by atoms with Crippen molar-refractivity contribution in [3.63, 3.8) is 0 Å². The highest BCUT2D eigenvalue weighted by atomic mass is 32.2. The highest BCUT2D eigenvalue weighted by molar-refractivity contribution is 7.89. The zero-order valence-corrected chi connectivity index (χ0v) is 18.2. The van der Waals surface area contributed by atoms with Crippen molar-refractivity contribution < 1.29 is 13.2 Å². The van der Waals surface area contributed by atoms with E-state index in [-0.39, 0.29) is 11.9 Å². The van der Waals surface area contributed by atoms with Crippen molar-refractivity contribution >= 4 is 15.9 Å². The summed E-state index contributed by atoms with van der Waals surface area (Å²) >= 11 is 0. The Morgan fingerprint density at radius 1 is 0.967 bits per heavy atom. The second-order valence-corrected chi connectivity index (χ2v) is 10.3. The molecule has 1 atom stereocenters. The molecule has 30 heavy (non-hydrogen) atoms. The van der Waals surface area contributed by atoms with Crippen LogP contribution in [0.1, 0.15) is 61.3 Å². The number of hydrogen-bond acceptors (Lipinski definition) is 3. The molecule has 6 heteroatoms. The predicted octanol–water partition coefficient (Wildman–Crippen LogP) is 3.99. The summed E-state index contributed by atoms with van der Waals surface area (Å²) in [6.45, 7) is 1.21. The minimum Gasteiger partial charge on any atom is -0.349 e. The van der Waals surface area contributed by atoms with E-state index in [0.717, 1.165) is 44.1 Å². The van der Waals surface area contributed by atoms with Gasteiger partial charge in [0.25, 0.3) is 0 Å². The summed E-state index contributed by atoms with van der Waals surface area (Å²) in [5.74, 6) is 0.0433. The van der Waals surface area contributed by atoms with E-state index in [0.29, 0.717) is 30.8 Å². The van der Waals surface area contributed by atoms with Crippen LogP contribution in [0.3, 0.4) is 0 Å². The van der Waals surface area contributed by atoms with Crippen molar-refractivity contribution in [1.82, 2.24) is 9.62 Å². The number of nitrogens with one attached hydrogen (secondary N) is 1. The number of hydrogen-bond donors (Lipinski definition) is 1. The van der Waals surface area contributed by atoms with E-state index in [2.05, 4.69) is 23.5 Å². The first-order valence-electron chi connectivity index (χ1n) is 11.0. The van der Waals surface area contributed by atoms with Gasteiger partial charge in [-0.05, 0) is 67.3 Å². The van der Waals surface area contributed by atoms with Gasteiger partial charge in [0.1, 0.15) is 0 Å². The van der Waals surface area contributed by atoms with Crippen LogP contribution in [0.5, 0.6) is 0 Å². The molecule has 1 heterocycles. The van der Waals surface area contributed by atoms with Gasteiger partial charge in [0.05, 0.1) is 10.9 Å². The molecule has 5 nitrogen and oxygen atoms in total. The third-order valence-corrected chi connectivity index (χ3v) is 8.13. The van der Waals surface area contributed by atoms with Crippen LogP contribution in [-0.4, -0.2) is 31.7 Å². The quantitative estimate of drug-likeness (QED) is 0.760. The minimum absolute atomic E-state index is 0.0433. The summed E-state index contributed by atoms with van der Waals surface area (Å²) in [5, 5.41) is 3.18. The van der Waals surface area contributed by atoms with Gasteiger partial charge in [-0.2, -0.15) is 4.31 Å². The maximum absolute atomic E-state index is 12.7. The first-order valence-corrected chi connectivity index (χ1v) is 12.4. The number of sulfonamides is 1. The molecule has 0 unspecified atom stereocenters. The maximum Gasteiger partial charge on any atom is 0.243 e. The zero-order chi connectivity index (χ0) is 21.0. The molecule has 0 bridgehead atoms. The van der Waals surface area contributed by atoms with Crippen molar-refractivity contribution in [2.24, 2.45) is 0 Å². The monoisotopic (exact) mass is 426 g/mol. The molecule has 2 aromatic carbocycles. The van der Waals surface area contributed by atoms with Crippen molar-refractivity contribution in [1.29, 1.82) is 0 Å². The lowest BCUT2D eigenvalue weighted by Gasteiger charge is -2.26. The normalized spacial score (nSPS) is 19.8. The summed E-state index contributed by atoms with van der Waals surface area (Å²) in [4.78, 5) is 12.9. The highest BCUT2D eigenvalue weighted by Crippen LogP contribution is 2.29. The number of piperidine rings is 1. The Bertz CT molecular complexity index is 980. The molecule has 0 aromatic heterocycles. The summed E-state index contributed by atoms with van der Waals surface area (Å²) in [5.41, 5.74) is 3.55. The smallest absolute Gasteiger partial charge is 0.243 e. The van der Waals surface area contributed by atoms with E-state index in [1.807, 2.05) is 18.2 Å². The van der Waals surface area contributed by atoms with Gasteiger partial charge in [-0.3, -0.25) is 4.79 Å². The van der Waals surface area contributed by atoms with Gasteiger partial charge < -0.3 is 5.32 Å². The van der Waals surface area contributed by atoms with Crippen LogP contribution < -0.4 is 5.32 Å². The number of amides is 1. The molecule has 1 fully saturated rings. The number of aryl methyl sites for hydroxylation is 2. The Morgan fingerprint density at radius 2 is 1.70 bits per heavy atom. The lowest BCUT2D eigenvalue weighted by Crippen LogP contribution is -2.35. The van der Waals surface area contributed by atoms with E-state index in [4.69, 9.17) is 0 Å². The van der Waals surface area contributed by atoms with Crippen LogP contribution in [0.15, 0.2) is 53.4 Å². The molecule has 160 valence electrons. The maximum atomic E-state index is 12.7. The number of benzene rings is 2. The molecule has 1 amide bonds. The van der Waals surface area contributed by atoms with Gasteiger partial charge in [-0.15, -0.1) is 0 Å². The molecule has 2 aromatic rings. The van der Waals surface area contributed by atoms with Crippen molar-refractivity contribution in [3.8, 4) is 0 Å². The Morgan fingerprint density at radius 3 is 2.47 bits per heavy atom. The molecule has 1 saturated heterocycles. The second-order valence-electron chi connectivity index (χ2n) is 8.32. The van der Waals surface area contributed by atoms with Gasteiger partial charge in [0.2, 0.25) is 15.9 Å². The summed E-state index contributed by atoms with van der Waals surface area (Å²) in [6, 6.07) is 15.5. The van der Waals surface area contributed by atoms with Crippen LogP contribution in [0, 0.1) is 0 Å². The largest absolute Gasteiger partial charge is 0.349 e. The third kappa shape index (κ3) is 4.76. The van der Waals surface area contributed by atoms with Gasteiger partial charge in [0.15, 0.2) is 0 Å². The van der Waals surface area contributed by atoms with Crippen molar-refractivity contribution in [2.45, 2.75) is 62.3 Å². The van der Waals surface area contributed by atoms with Crippen LogP contribution in [0.25, 0.3) is 0 Å². The molecular formula is C24H30N2O3S. The van der Waals surface area contributed by atoms with E-state index < -0.39 is 10.0 Å². The number of nitrogens with zero attached hydrogens (tertiary/aromatic N) is 1. The topological polar surface area (TPSA) is 66.5 Å². The van der Waals surface area contributed by atoms with Crippen LogP contribution in [0.2, 0.25) is 0 Å². The Labute approximate surface area is 179 Å². The SMILES string of the molecule is O=C(CCc1ccc(S(=O)(=O)N2CCCCC2)cc1)N[C@H]1CCCc2ccccc21. The zero-order valence-electron chi connectivity index (χ0n) is 17.3. The average Bonchev–Trinajstić information content (AvgIpc) is 2.79. The lowest BCUT2D eigenvalue weighted by atomic mass is 9.87. The number of rotatable bonds is 6. The Balaban J connectivity index is 1.33. The predicted molar refractivity (Wildman–Crippen MR) is 118 cm³/mol. The fraction of sp³-hybridized carbons (Fsp3) is 0.458. The van der Waals surface area contributed by atoms with Gasteiger partial charge in [-0.1, -0.05) is 42.8 Å². The van der Waals surface area contributed by atoms with Crippen LogP contribution in [-0.2, 0) is 27.7 Å². The first kappa shape index (κ1) is 21.1. The van der Waals surface area contributed by atoms with Gasteiger partial charge in [0, 0.05) is 19.5 Å². The lowest BCUT2D eigenvalue weighted by molar-refractivity contribution is -0.121. The fourth-order valence-corrected chi connectivity index (χ4v) is 6.03. The number of carbonyl (C=O) groups is 1. The summed E-state index contributed by atoms with van der Waals surface area (Å²) in [6.07, 6.45) is 7.10. The molecule has 1 N–H and O–H groups in total. The Kier molecular flexibility index (Phi) is 6.54. The van der Waals surface area contributed by atoms with Gasteiger partial charge in [-0.25, -0.2) is 8.42 Å². The standard InChI is InChI=1S/C24H30N2O3S/c27-24(25-23-10-6-8-20-7-2-3-9-22(20)23)16-13-19-11-14-21(15-12-19)30(28,29)26-17-4-1-5-18-26/h2-3,7,9,11-12,14-15,23H,1,4-6,8,10,13,16-18H2,(H,25,27)/t23-/m0/s1. The van der Waals surface area contributed by atoms with Crippen LogP contribution >= 0.6 is 0 Å².